The van der Waals surface area contributed by atoms with Crippen molar-refractivity contribution >= 4 is 34.2 Å². The highest BCUT2D eigenvalue weighted by atomic mass is 16.5. The lowest BCUT2D eigenvalue weighted by Gasteiger charge is -2.24. The van der Waals surface area contributed by atoms with Crippen LogP contribution in [-0.4, -0.2) is 41.4 Å². The van der Waals surface area contributed by atoms with Gasteiger partial charge in [0.2, 0.25) is 11.6 Å². The Labute approximate surface area is 188 Å². The van der Waals surface area contributed by atoms with Crippen LogP contribution in [0.1, 0.15) is 33.8 Å². The number of rotatable bonds is 5. The Balaban J connectivity index is 2.00. The van der Waals surface area contributed by atoms with Crippen molar-refractivity contribution in [1.82, 2.24) is 4.57 Å². The molecule has 1 aliphatic rings. The third-order valence-corrected chi connectivity index (χ3v) is 5.92. The summed E-state index contributed by atoms with van der Waals surface area (Å²) in [7, 11) is 4.25. The van der Waals surface area contributed by atoms with Gasteiger partial charge in [-0.25, -0.2) is 0 Å². The molecule has 0 amide bonds. The van der Waals surface area contributed by atoms with Gasteiger partial charge in [0.15, 0.2) is 0 Å². The van der Waals surface area contributed by atoms with Crippen LogP contribution in [0.25, 0.3) is 16.7 Å². The fraction of sp³-hybridized carbons (Fsp3) is 0.200. The number of Topliss-reactive ketones (excluding diaryl/α,β-unsaturated/α-hetero) is 2. The smallest absolute Gasteiger partial charge is 0.306 e. The van der Waals surface area contributed by atoms with Crippen LogP contribution in [0.4, 0.5) is 0 Å². The van der Waals surface area contributed by atoms with Crippen molar-refractivity contribution in [3.63, 3.8) is 0 Å². The second-order valence-corrected chi connectivity index (χ2v) is 7.69. The highest BCUT2D eigenvalue weighted by molar-refractivity contribution is 6.52. The number of nitrogens with zero attached hydrogens (tertiary/aromatic N) is 1. The van der Waals surface area contributed by atoms with E-state index in [1.165, 1.54) is 30.9 Å². The number of carbonyl (C=O) groups is 3. The summed E-state index contributed by atoms with van der Waals surface area (Å²) in [6.45, 7) is 0. The Morgan fingerprint density at radius 2 is 1.70 bits per heavy atom. The number of hydrogen-bond acceptors (Lipinski definition) is 7. The maximum Gasteiger partial charge on any atom is 0.306 e. The number of ether oxygens (including phenoxy) is 2. The first-order chi connectivity index (χ1) is 15.8. The fourth-order valence-corrected chi connectivity index (χ4v) is 4.17. The Hall–Kier alpha value is -4.20. The standard InChI is InChI=1S/C25H21NO7/c1-26-19-11-14(32-2)9-8-13(19)10-18(25(26)31)17(12-20(27)33-3)21-22(28)15-6-4-5-7-16(15)23(29)24(21)30/h4-11,17,28H,12H2,1-3H3. The van der Waals surface area contributed by atoms with Gasteiger partial charge in [0.25, 0.3) is 5.56 Å². The molecular weight excluding hydrogens is 426 g/mol. The zero-order valence-corrected chi connectivity index (χ0v) is 18.2. The molecule has 33 heavy (non-hydrogen) atoms. The predicted molar refractivity (Wildman–Crippen MR) is 120 cm³/mol. The van der Waals surface area contributed by atoms with Crippen LogP contribution < -0.4 is 10.3 Å². The van der Waals surface area contributed by atoms with Crippen LogP contribution in [0.2, 0.25) is 0 Å². The summed E-state index contributed by atoms with van der Waals surface area (Å²) in [5.41, 5.74) is 0.128. The van der Waals surface area contributed by atoms with Crippen molar-refractivity contribution in [2.45, 2.75) is 12.3 Å². The molecule has 0 spiro atoms. The summed E-state index contributed by atoms with van der Waals surface area (Å²) >= 11 is 0. The molecule has 4 rings (SSSR count). The molecule has 1 aromatic heterocycles. The predicted octanol–water partition coefficient (Wildman–Crippen LogP) is 2.93. The van der Waals surface area contributed by atoms with Gasteiger partial charge < -0.3 is 19.1 Å². The summed E-state index contributed by atoms with van der Waals surface area (Å²) in [4.78, 5) is 51.5. The molecule has 1 N–H and O–H groups in total. The van der Waals surface area contributed by atoms with Crippen molar-refractivity contribution in [3.05, 3.63) is 81.1 Å². The number of aliphatic hydroxyl groups excluding tert-OH is 1. The number of allylic oxidation sites excluding steroid dienone is 1. The minimum absolute atomic E-state index is 0.0686. The molecule has 2 aromatic carbocycles. The van der Waals surface area contributed by atoms with Gasteiger partial charge in [-0.1, -0.05) is 24.3 Å². The number of esters is 1. The average molecular weight is 447 g/mol. The molecule has 1 heterocycles. The molecule has 1 aliphatic carbocycles. The van der Waals surface area contributed by atoms with E-state index in [0.29, 0.717) is 16.7 Å². The zero-order valence-electron chi connectivity index (χ0n) is 18.2. The van der Waals surface area contributed by atoms with E-state index in [0.717, 1.165) is 0 Å². The number of aryl methyl sites for hydroxylation is 1. The minimum Gasteiger partial charge on any atom is -0.507 e. The van der Waals surface area contributed by atoms with E-state index >= 15 is 0 Å². The average Bonchev–Trinajstić information content (AvgIpc) is 2.84. The molecule has 0 saturated carbocycles. The number of pyridine rings is 1. The van der Waals surface area contributed by atoms with Crippen molar-refractivity contribution in [3.8, 4) is 5.75 Å². The lowest BCUT2D eigenvalue weighted by Crippen LogP contribution is -2.32. The summed E-state index contributed by atoms with van der Waals surface area (Å²) < 4.78 is 11.4. The molecular formula is C25H21NO7. The topological polar surface area (TPSA) is 112 Å². The Bertz CT molecular complexity index is 1410. The van der Waals surface area contributed by atoms with Crippen LogP contribution in [0.15, 0.2) is 58.9 Å². The number of ketones is 2. The second kappa shape index (κ2) is 8.38. The second-order valence-electron chi connectivity index (χ2n) is 7.69. The Morgan fingerprint density at radius 3 is 2.36 bits per heavy atom. The fourth-order valence-electron chi connectivity index (χ4n) is 4.17. The number of carbonyl (C=O) groups excluding carboxylic acids is 3. The van der Waals surface area contributed by atoms with Gasteiger partial charge in [0, 0.05) is 35.7 Å². The van der Waals surface area contributed by atoms with Gasteiger partial charge in [-0.2, -0.15) is 0 Å². The molecule has 1 atom stereocenters. The van der Waals surface area contributed by atoms with Crippen molar-refractivity contribution in [1.29, 1.82) is 0 Å². The number of hydrogen-bond donors (Lipinski definition) is 1. The first kappa shape index (κ1) is 22.0. The van der Waals surface area contributed by atoms with Crippen molar-refractivity contribution < 1.29 is 29.0 Å². The first-order valence-corrected chi connectivity index (χ1v) is 10.1. The Morgan fingerprint density at radius 1 is 1.00 bits per heavy atom. The van der Waals surface area contributed by atoms with Gasteiger partial charge in [-0.05, 0) is 23.6 Å². The molecule has 168 valence electrons. The molecule has 0 radical (unpaired) electrons. The molecule has 0 saturated heterocycles. The van der Waals surface area contributed by atoms with Crippen LogP contribution >= 0.6 is 0 Å². The van der Waals surface area contributed by atoms with Crippen LogP contribution in [-0.2, 0) is 21.4 Å². The van der Waals surface area contributed by atoms with E-state index < -0.39 is 41.2 Å². The van der Waals surface area contributed by atoms with Crippen LogP contribution in [0.3, 0.4) is 0 Å². The SMILES string of the molecule is COC(=O)CC(C1=C(O)c2ccccc2C(=O)C1=O)c1cc2ccc(OC)cc2n(C)c1=O. The number of methoxy groups -OCH3 is 2. The molecule has 8 nitrogen and oxygen atoms in total. The highest BCUT2D eigenvalue weighted by Gasteiger charge is 2.39. The monoisotopic (exact) mass is 447 g/mol. The summed E-state index contributed by atoms with van der Waals surface area (Å²) in [5, 5.41) is 11.6. The lowest BCUT2D eigenvalue weighted by molar-refractivity contribution is -0.140. The normalized spacial score (nSPS) is 14.3. The first-order valence-electron chi connectivity index (χ1n) is 10.1. The van der Waals surface area contributed by atoms with Gasteiger partial charge in [-0.3, -0.25) is 19.2 Å². The Kier molecular flexibility index (Phi) is 5.59. The molecule has 0 bridgehead atoms. The van der Waals surface area contributed by atoms with E-state index in [1.54, 1.807) is 43.4 Å². The van der Waals surface area contributed by atoms with Gasteiger partial charge >= 0.3 is 5.97 Å². The zero-order chi connectivity index (χ0) is 23.9. The van der Waals surface area contributed by atoms with Crippen LogP contribution in [0.5, 0.6) is 5.75 Å². The third kappa shape index (κ3) is 3.59. The number of fused-ring (bicyclic) bond motifs is 2. The molecule has 8 heteroatoms. The van der Waals surface area contributed by atoms with Gasteiger partial charge in [-0.15, -0.1) is 0 Å². The maximum absolute atomic E-state index is 13.3. The molecule has 0 aliphatic heterocycles. The quantitative estimate of drug-likeness (QED) is 0.473. The van der Waals surface area contributed by atoms with E-state index in [-0.39, 0.29) is 22.3 Å². The summed E-state index contributed by atoms with van der Waals surface area (Å²) in [6, 6.07) is 12.9. The summed E-state index contributed by atoms with van der Waals surface area (Å²) in [5.74, 6) is -3.53. The van der Waals surface area contributed by atoms with Crippen molar-refractivity contribution in [2.75, 3.05) is 14.2 Å². The van der Waals surface area contributed by atoms with E-state index in [2.05, 4.69) is 0 Å². The largest absolute Gasteiger partial charge is 0.507 e. The number of aliphatic hydroxyl groups is 1. The molecule has 0 fully saturated rings. The molecule has 3 aromatic rings. The lowest BCUT2D eigenvalue weighted by atomic mass is 9.78. The number of aromatic nitrogens is 1. The van der Waals surface area contributed by atoms with E-state index in [4.69, 9.17) is 9.47 Å². The molecule has 1 unspecified atom stereocenters. The van der Waals surface area contributed by atoms with Crippen molar-refractivity contribution in [2.24, 2.45) is 7.05 Å². The summed E-state index contributed by atoms with van der Waals surface area (Å²) in [6.07, 6.45) is -0.409. The minimum atomic E-state index is -1.19. The maximum atomic E-state index is 13.3. The third-order valence-electron chi connectivity index (χ3n) is 5.92. The number of benzene rings is 2. The van der Waals surface area contributed by atoms with E-state index in [1.807, 2.05) is 0 Å². The van der Waals surface area contributed by atoms with Gasteiger partial charge in [0.1, 0.15) is 11.5 Å². The van der Waals surface area contributed by atoms with Crippen LogP contribution in [0, 0.1) is 0 Å². The highest BCUT2D eigenvalue weighted by Crippen LogP contribution is 2.38. The van der Waals surface area contributed by atoms with Gasteiger partial charge in [0.05, 0.1) is 31.7 Å². The van der Waals surface area contributed by atoms with E-state index in [9.17, 15) is 24.3 Å².